The molecule has 0 N–H and O–H groups in total. The summed E-state index contributed by atoms with van der Waals surface area (Å²) < 4.78 is 25.7. The summed E-state index contributed by atoms with van der Waals surface area (Å²) in [5.74, 6) is 0.0548. The topological polar surface area (TPSA) is 0 Å². The number of rotatable bonds is 10. The number of alkyl halides is 2. The third-order valence-corrected chi connectivity index (χ3v) is 6.62. The Balaban J connectivity index is 1.48. The Morgan fingerprint density at radius 2 is 1.28 bits per heavy atom. The summed E-state index contributed by atoms with van der Waals surface area (Å²) in [6, 6.07) is 17.8. The Morgan fingerprint density at radius 1 is 0.724 bits per heavy atom. The normalized spacial score (nSPS) is 19.6. The average Bonchev–Trinajstić information content (AvgIpc) is 2.77. The van der Waals surface area contributed by atoms with Crippen molar-refractivity contribution in [1.82, 2.24) is 0 Å². The molecule has 29 heavy (non-hydrogen) atoms. The second kappa shape index (κ2) is 11.5. The highest BCUT2D eigenvalue weighted by atomic mass is 19.3. The Hall–Kier alpha value is -1.70. The number of hydrogen-bond donors (Lipinski definition) is 0. The quantitative estimate of drug-likeness (QED) is 0.351. The molecule has 1 aliphatic rings. The van der Waals surface area contributed by atoms with Gasteiger partial charge in [-0.15, -0.1) is 0 Å². The van der Waals surface area contributed by atoms with Crippen LogP contribution in [0.1, 0.15) is 88.2 Å². The fourth-order valence-electron chi connectivity index (χ4n) is 4.63. The minimum absolute atomic E-state index is 0.389. The second-order valence-electron chi connectivity index (χ2n) is 8.78. The Kier molecular flexibility index (Phi) is 8.70. The summed E-state index contributed by atoms with van der Waals surface area (Å²) >= 11 is 0. The fourth-order valence-corrected chi connectivity index (χ4v) is 4.63. The molecule has 0 saturated heterocycles. The van der Waals surface area contributed by atoms with Gasteiger partial charge >= 0.3 is 0 Å². The van der Waals surface area contributed by atoms with Gasteiger partial charge in [0.15, 0.2) is 0 Å². The minimum Gasteiger partial charge on any atom is -0.210 e. The van der Waals surface area contributed by atoms with Gasteiger partial charge in [-0.05, 0) is 66.7 Å². The van der Waals surface area contributed by atoms with E-state index in [0.29, 0.717) is 18.8 Å². The molecule has 158 valence electrons. The number of aryl methyl sites for hydroxylation is 1. The summed E-state index contributed by atoms with van der Waals surface area (Å²) in [5.41, 5.74) is 5.23. The highest BCUT2D eigenvalue weighted by molar-refractivity contribution is 5.64. The summed E-state index contributed by atoms with van der Waals surface area (Å²) in [4.78, 5) is 0. The lowest BCUT2D eigenvalue weighted by atomic mass is 9.78. The zero-order valence-corrected chi connectivity index (χ0v) is 17.9. The van der Waals surface area contributed by atoms with E-state index in [4.69, 9.17) is 0 Å². The largest absolute Gasteiger partial charge is 0.241 e. The lowest BCUT2D eigenvalue weighted by molar-refractivity contribution is 0.0528. The predicted octanol–water partition coefficient (Wildman–Crippen LogP) is 8.80. The van der Waals surface area contributed by atoms with Crippen LogP contribution in [-0.2, 0) is 6.42 Å². The first-order chi connectivity index (χ1) is 14.2. The van der Waals surface area contributed by atoms with Gasteiger partial charge in [0.2, 0.25) is 6.43 Å². The van der Waals surface area contributed by atoms with Crippen molar-refractivity contribution in [3.05, 3.63) is 59.7 Å². The van der Waals surface area contributed by atoms with Crippen LogP contribution in [-0.4, -0.2) is 6.43 Å². The van der Waals surface area contributed by atoms with Crippen LogP contribution in [0.15, 0.2) is 48.5 Å². The molecule has 0 spiro atoms. The van der Waals surface area contributed by atoms with Crippen LogP contribution in [0.25, 0.3) is 11.1 Å². The lowest BCUT2D eigenvalue weighted by Gasteiger charge is -2.28. The summed E-state index contributed by atoms with van der Waals surface area (Å²) in [7, 11) is 0. The molecule has 2 aromatic carbocycles. The number of hydrogen-bond acceptors (Lipinski definition) is 0. The molecule has 0 aliphatic heterocycles. The van der Waals surface area contributed by atoms with Gasteiger partial charge in [0.05, 0.1) is 0 Å². The highest BCUT2D eigenvalue weighted by Gasteiger charge is 2.27. The van der Waals surface area contributed by atoms with Gasteiger partial charge in [-0.1, -0.05) is 87.6 Å². The maximum Gasteiger partial charge on any atom is 0.241 e. The molecule has 0 unspecified atom stereocenters. The van der Waals surface area contributed by atoms with Crippen molar-refractivity contribution in [2.75, 3.05) is 0 Å². The van der Waals surface area contributed by atoms with E-state index in [-0.39, 0.29) is 5.92 Å². The van der Waals surface area contributed by atoms with Gasteiger partial charge in [-0.2, -0.15) is 0 Å². The number of benzene rings is 2. The first-order valence-electron chi connectivity index (χ1n) is 11.6. The van der Waals surface area contributed by atoms with Crippen LogP contribution < -0.4 is 0 Å². The first-order valence-corrected chi connectivity index (χ1v) is 11.6. The SMILES string of the molecule is CCCCCCCCc1ccc(-c2ccc(C3CCC(C(F)F)CC3)cc2)cc1. The Morgan fingerprint density at radius 3 is 1.86 bits per heavy atom. The third-order valence-electron chi connectivity index (χ3n) is 6.62. The zero-order valence-electron chi connectivity index (χ0n) is 17.9. The lowest BCUT2D eigenvalue weighted by Crippen LogP contribution is -2.19. The van der Waals surface area contributed by atoms with E-state index < -0.39 is 6.43 Å². The molecule has 0 amide bonds. The van der Waals surface area contributed by atoms with Gasteiger partial charge in [0, 0.05) is 5.92 Å². The van der Waals surface area contributed by atoms with Gasteiger partial charge in [-0.25, -0.2) is 8.78 Å². The van der Waals surface area contributed by atoms with Crippen molar-refractivity contribution >= 4 is 0 Å². The van der Waals surface area contributed by atoms with Crippen molar-refractivity contribution in [3.8, 4) is 11.1 Å². The molecule has 0 heterocycles. The maximum atomic E-state index is 12.9. The predicted molar refractivity (Wildman–Crippen MR) is 120 cm³/mol. The van der Waals surface area contributed by atoms with Crippen molar-refractivity contribution in [2.24, 2.45) is 5.92 Å². The molecule has 3 rings (SSSR count). The van der Waals surface area contributed by atoms with Crippen LogP contribution in [0.5, 0.6) is 0 Å². The molecule has 0 nitrogen and oxygen atoms in total. The van der Waals surface area contributed by atoms with E-state index in [1.807, 2.05) is 0 Å². The Labute approximate surface area is 175 Å². The van der Waals surface area contributed by atoms with Gasteiger partial charge in [0.1, 0.15) is 0 Å². The first kappa shape index (κ1) is 22.0. The number of unbranched alkanes of at least 4 members (excludes halogenated alkanes) is 5. The van der Waals surface area contributed by atoms with Crippen molar-refractivity contribution in [3.63, 3.8) is 0 Å². The van der Waals surface area contributed by atoms with Gasteiger partial charge in [0.25, 0.3) is 0 Å². The van der Waals surface area contributed by atoms with Gasteiger partial charge < -0.3 is 0 Å². The van der Waals surface area contributed by atoms with E-state index in [1.54, 1.807) is 0 Å². The molecule has 2 aromatic rings. The van der Waals surface area contributed by atoms with Crippen LogP contribution in [0.3, 0.4) is 0 Å². The molecule has 0 bridgehead atoms. The summed E-state index contributed by atoms with van der Waals surface area (Å²) in [5, 5.41) is 0. The maximum absolute atomic E-state index is 12.9. The molecule has 2 heteroatoms. The van der Waals surface area contributed by atoms with E-state index >= 15 is 0 Å². The molecule has 0 aromatic heterocycles. The minimum atomic E-state index is -2.15. The van der Waals surface area contributed by atoms with E-state index in [1.165, 1.54) is 67.2 Å². The summed E-state index contributed by atoms with van der Waals surface area (Å²) in [6.45, 7) is 2.26. The second-order valence-corrected chi connectivity index (χ2v) is 8.78. The fraction of sp³-hybridized carbons (Fsp3) is 0.556. The van der Waals surface area contributed by atoms with Crippen LogP contribution in [0.4, 0.5) is 8.78 Å². The summed E-state index contributed by atoms with van der Waals surface area (Å²) in [6.07, 6.45) is 10.1. The standard InChI is InChI=1S/C27H36F2/c1-2-3-4-5-6-7-8-21-9-11-22(12-10-21)23-13-15-24(16-14-23)25-17-19-26(20-18-25)27(28)29/h9-16,25-27H,2-8,17-20H2,1H3. The monoisotopic (exact) mass is 398 g/mol. The third kappa shape index (κ3) is 6.66. The van der Waals surface area contributed by atoms with E-state index in [0.717, 1.165) is 12.8 Å². The molecular formula is C27H36F2. The average molecular weight is 399 g/mol. The van der Waals surface area contributed by atoms with Crippen molar-refractivity contribution < 1.29 is 8.78 Å². The van der Waals surface area contributed by atoms with Crippen molar-refractivity contribution in [2.45, 2.75) is 89.9 Å². The van der Waals surface area contributed by atoms with Gasteiger partial charge in [-0.3, -0.25) is 0 Å². The van der Waals surface area contributed by atoms with E-state index in [2.05, 4.69) is 55.5 Å². The van der Waals surface area contributed by atoms with Crippen LogP contribution in [0, 0.1) is 5.92 Å². The highest BCUT2D eigenvalue weighted by Crippen LogP contribution is 2.38. The molecule has 1 aliphatic carbocycles. The van der Waals surface area contributed by atoms with Crippen LogP contribution in [0.2, 0.25) is 0 Å². The zero-order chi connectivity index (χ0) is 20.5. The number of halogens is 2. The van der Waals surface area contributed by atoms with E-state index in [9.17, 15) is 8.78 Å². The molecule has 0 radical (unpaired) electrons. The molecule has 0 atom stereocenters. The molecule has 1 saturated carbocycles. The molecule has 1 fully saturated rings. The van der Waals surface area contributed by atoms with Crippen LogP contribution >= 0.6 is 0 Å². The van der Waals surface area contributed by atoms with Crippen molar-refractivity contribution in [1.29, 1.82) is 0 Å². The Bertz CT molecular complexity index is 694. The smallest absolute Gasteiger partial charge is 0.210 e. The molecular weight excluding hydrogens is 362 g/mol.